The van der Waals surface area contributed by atoms with Crippen LogP contribution in [-0.2, 0) is 9.53 Å². The third kappa shape index (κ3) is 5.18. The van der Waals surface area contributed by atoms with E-state index in [0.717, 1.165) is 35.3 Å². The number of nitrogens with zero attached hydrogens (tertiary/aromatic N) is 3. The first-order valence-corrected chi connectivity index (χ1v) is 15.1. The maximum absolute atomic E-state index is 14.2. The van der Waals surface area contributed by atoms with Crippen LogP contribution in [0.4, 0.5) is 5.69 Å². The largest absolute Gasteiger partial charge is 0.497 e. The van der Waals surface area contributed by atoms with Crippen molar-refractivity contribution in [1.82, 2.24) is 4.57 Å². The van der Waals surface area contributed by atoms with Gasteiger partial charge >= 0.3 is 5.97 Å². The summed E-state index contributed by atoms with van der Waals surface area (Å²) in [4.78, 5) is 35.6. The SMILES string of the molecule is CCOC(=O)C1=C(c2ccccc2)N=c2s/c(=C/c3ccc(N4CCCC4)cc3C)c(=O)n2[C@H]1c1ccc(OC)cc1. The molecule has 4 aromatic rings. The lowest BCUT2D eigenvalue weighted by Crippen LogP contribution is -2.40. The number of anilines is 1. The van der Waals surface area contributed by atoms with Gasteiger partial charge in [0.15, 0.2) is 4.80 Å². The van der Waals surface area contributed by atoms with Crippen molar-refractivity contribution in [2.75, 3.05) is 31.7 Å². The van der Waals surface area contributed by atoms with Gasteiger partial charge in [-0.3, -0.25) is 9.36 Å². The molecule has 1 atom stereocenters. The van der Waals surface area contributed by atoms with E-state index < -0.39 is 12.0 Å². The van der Waals surface area contributed by atoms with Crippen LogP contribution in [-0.4, -0.2) is 37.3 Å². The predicted molar refractivity (Wildman–Crippen MR) is 167 cm³/mol. The number of carbonyl (C=O) groups is 1. The number of fused-ring (bicyclic) bond motifs is 1. The lowest BCUT2D eigenvalue weighted by molar-refractivity contribution is -0.138. The highest BCUT2D eigenvalue weighted by Gasteiger charge is 2.35. The number of hydrogen-bond acceptors (Lipinski definition) is 7. The molecule has 1 aromatic heterocycles. The van der Waals surface area contributed by atoms with Gasteiger partial charge in [0, 0.05) is 24.3 Å². The highest BCUT2D eigenvalue weighted by Crippen LogP contribution is 2.35. The smallest absolute Gasteiger partial charge is 0.338 e. The highest BCUT2D eigenvalue weighted by molar-refractivity contribution is 7.07. The summed E-state index contributed by atoms with van der Waals surface area (Å²) in [5.74, 6) is 0.188. The van der Waals surface area contributed by atoms with E-state index in [1.54, 1.807) is 18.6 Å². The second-order valence-electron chi connectivity index (χ2n) is 10.4. The van der Waals surface area contributed by atoms with E-state index in [1.807, 2.05) is 60.7 Å². The first-order chi connectivity index (χ1) is 20.5. The number of rotatable bonds is 7. The molecular formula is C34H33N3O4S. The normalized spacial score (nSPS) is 16.8. The zero-order valence-electron chi connectivity index (χ0n) is 24.0. The fourth-order valence-corrected chi connectivity index (χ4v) is 6.67. The molecule has 3 heterocycles. The van der Waals surface area contributed by atoms with E-state index in [4.69, 9.17) is 14.5 Å². The lowest BCUT2D eigenvalue weighted by Gasteiger charge is -2.26. The van der Waals surface area contributed by atoms with Crippen LogP contribution >= 0.6 is 11.3 Å². The first kappa shape index (κ1) is 27.7. The van der Waals surface area contributed by atoms with Crippen LogP contribution in [0.2, 0.25) is 0 Å². The molecule has 0 N–H and O–H groups in total. The van der Waals surface area contributed by atoms with Gasteiger partial charge in [-0.25, -0.2) is 9.79 Å². The second kappa shape index (κ2) is 11.8. The Hall–Kier alpha value is -4.43. The third-order valence-electron chi connectivity index (χ3n) is 7.82. The quantitative estimate of drug-likeness (QED) is 0.293. The Kier molecular flexibility index (Phi) is 7.80. The van der Waals surface area contributed by atoms with Crippen molar-refractivity contribution in [2.24, 2.45) is 4.99 Å². The fourth-order valence-electron chi connectivity index (χ4n) is 5.68. The predicted octanol–water partition coefficient (Wildman–Crippen LogP) is 4.85. The Morgan fingerprint density at radius 2 is 1.79 bits per heavy atom. The van der Waals surface area contributed by atoms with Gasteiger partial charge in [0.1, 0.15) is 5.75 Å². The molecule has 7 nitrogen and oxygen atoms in total. The number of carbonyl (C=O) groups excluding carboxylic acids is 1. The lowest BCUT2D eigenvalue weighted by atomic mass is 9.93. The van der Waals surface area contributed by atoms with Gasteiger partial charge in [-0.15, -0.1) is 0 Å². The summed E-state index contributed by atoms with van der Waals surface area (Å²) in [5.41, 5.74) is 5.50. The molecule has 0 saturated carbocycles. The molecule has 0 amide bonds. The highest BCUT2D eigenvalue weighted by atomic mass is 32.1. The molecule has 1 fully saturated rings. The molecule has 214 valence electrons. The van der Waals surface area contributed by atoms with E-state index >= 15 is 0 Å². The van der Waals surface area contributed by atoms with E-state index in [2.05, 4.69) is 30.0 Å². The summed E-state index contributed by atoms with van der Waals surface area (Å²) in [6.07, 6.45) is 4.38. The number of thiazole rings is 1. The minimum atomic E-state index is -0.720. The van der Waals surface area contributed by atoms with Crippen LogP contribution in [0.5, 0.6) is 5.75 Å². The number of ether oxygens (including phenoxy) is 2. The molecule has 0 aliphatic carbocycles. The molecule has 0 spiro atoms. The van der Waals surface area contributed by atoms with Crippen LogP contribution in [0.25, 0.3) is 11.8 Å². The van der Waals surface area contributed by atoms with Crippen molar-refractivity contribution < 1.29 is 14.3 Å². The molecule has 6 rings (SSSR count). The average molecular weight is 580 g/mol. The van der Waals surface area contributed by atoms with Gasteiger partial charge in [-0.1, -0.05) is 59.9 Å². The molecule has 0 unspecified atom stereocenters. The number of hydrogen-bond donors (Lipinski definition) is 0. The summed E-state index contributed by atoms with van der Waals surface area (Å²) < 4.78 is 13.1. The Bertz CT molecular complexity index is 1830. The number of benzene rings is 3. The summed E-state index contributed by atoms with van der Waals surface area (Å²) >= 11 is 1.33. The van der Waals surface area contributed by atoms with Gasteiger partial charge in [-0.2, -0.15) is 0 Å². The van der Waals surface area contributed by atoms with Gasteiger partial charge in [-0.05, 0) is 73.7 Å². The Morgan fingerprint density at radius 3 is 2.45 bits per heavy atom. The summed E-state index contributed by atoms with van der Waals surface area (Å²) in [6.45, 7) is 6.21. The Balaban J connectivity index is 1.56. The monoisotopic (exact) mass is 579 g/mol. The van der Waals surface area contributed by atoms with E-state index in [0.29, 0.717) is 26.4 Å². The van der Waals surface area contributed by atoms with Crippen LogP contribution in [0, 0.1) is 6.92 Å². The summed E-state index contributed by atoms with van der Waals surface area (Å²) in [6, 6.07) is 22.7. The maximum Gasteiger partial charge on any atom is 0.338 e. The van der Waals surface area contributed by atoms with E-state index in [9.17, 15) is 9.59 Å². The minimum absolute atomic E-state index is 0.198. The molecule has 1 saturated heterocycles. The Labute approximate surface area is 248 Å². The number of aromatic nitrogens is 1. The minimum Gasteiger partial charge on any atom is -0.497 e. The van der Waals surface area contributed by atoms with Gasteiger partial charge in [0.25, 0.3) is 5.56 Å². The number of aryl methyl sites for hydroxylation is 1. The van der Waals surface area contributed by atoms with E-state index in [-0.39, 0.29) is 12.2 Å². The fraction of sp³-hybridized carbons (Fsp3) is 0.265. The molecular weight excluding hydrogens is 546 g/mol. The molecule has 0 radical (unpaired) electrons. The van der Waals surface area contributed by atoms with Gasteiger partial charge in [0.2, 0.25) is 0 Å². The molecule has 0 bridgehead atoms. The third-order valence-corrected chi connectivity index (χ3v) is 8.80. The van der Waals surface area contributed by atoms with Crippen LogP contribution in [0.15, 0.2) is 88.2 Å². The van der Waals surface area contributed by atoms with Crippen molar-refractivity contribution in [3.05, 3.63) is 120 Å². The van der Waals surface area contributed by atoms with Crippen molar-refractivity contribution in [2.45, 2.75) is 32.7 Å². The average Bonchev–Trinajstić information content (AvgIpc) is 3.66. The zero-order valence-corrected chi connectivity index (χ0v) is 24.8. The van der Waals surface area contributed by atoms with Crippen molar-refractivity contribution in [1.29, 1.82) is 0 Å². The topological polar surface area (TPSA) is 73.1 Å². The summed E-state index contributed by atoms with van der Waals surface area (Å²) in [5, 5.41) is 0. The Morgan fingerprint density at radius 1 is 1.05 bits per heavy atom. The van der Waals surface area contributed by atoms with Gasteiger partial charge in [0.05, 0.1) is 35.6 Å². The second-order valence-corrected chi connectivity index (χ2v) is 11.4. The van der Waals surface area contributed by atoms with Crippen molar-refractivity contribution in [3.8, 4) is 5.75 Å². The number of esters is 1. The van der Waals surface area contributed by atoms with Gasteiger partial charge < -0.3 is 14.4 Å². The molecule has 42 heavy (non-hydrogen) atoms. The standard InChI is InChI=1S/C34H33N3O4S/c1-4-41-33(39)29-30(23-10-6-5-7-11-23)35-34-37(31(29)24-13-16-27(40-3)17-14-24)32(38)28(42-34)21-25-12-15-26(20-22(25)2)36-18-8-9-19-36/h5-7,10-17,20-21,31H,4,8-9,18-19H2,1-3H3/b28-21+/t31-/m0/s1. The molecule has 2 aliphatic heterocycles. The molecule has 8 heteroatoms. The zero-order chi connectivity index (χ0) is 29.2. The van der Waals surface area contributed by atoms with Crippen LogP contribution in [0.3, 0.4) is 0 Å². The summed E-state index contributed by atoms with van der Waals surface area (Å²) in [7, 11) is 1.61. The molecule has 2 aliphatic rings. The molecule has 3 aromatic carbocycles. The van der Waals surface area contributed by atoms with Crippen molar-refractivity contribution >= 4 is 34.8 Å². The first-order valence-electron chi connectivity index (χ1n) is 14.3. The number of methoxy groups -OCH3 is 1. The van der Waals surface area contributed by atoms with Crippen LogP contribution in [0.1, 0.15) is 48.1 Å². The van der Waals surface area contributed by atoms with E-state index in [1.165, 1.54) is 29.9 Å². The maximum atomic E-state index is 14.2. The van der Waals surface area contributed by atoms with Crippen molar-refractivity contribution in [3.63, 3.8) is 0 Å². The van der Waals surface area contributed by atoms with Crippen LogP contribution < -0.4 is 24.5 Å².